The SMILES string of the molecule is CC1=C(/C=C/C2=NNC(c3cnc4ccccc4c3)C2)C(C)(C)CCC1O. The van der Waals surface area contributed by atoms with E-state index in [9.17, 15) is 5.11 Å². The van der Waals surface area contributed by atoms with E-state index in [1.807, 2.05) is 31.3 Å². The van der Waals surface area contributed by atoms with Crippen LogP contribution < -0.4 is 5.43 Å². The van der Waals surface area contributed by atoms with E-state index in [1.54, 1.807) is 0 Å². The molecule has 0 radical (unpaired) electrons. The molecule has 2 atom stereocenters. The highest BCUT2D eigenvalue weighted by atomic mass is 16.3. The molecule has 0 spiro atoms. The summed E-state index contributed by atoms with van der Waals surface area (Å²) in [6.45, 7) is 6.55. The van der Waals surface area contributed by atoms with Crippen molar-refractivity contribution in [1.29, 1.82) is 0 Å². The van der Waals surface area contributed by atoms with Gasteiger partial charge in [-0.1, -0.05) is 38.1 Å². The fourth-order valence-electron chi connectivity index (χ4n) is 4.14. The number of fused-ring (bicyclic) bond motifs is 1. The van der Waals surface area contributed by atoms with Gasteiger partial charge in [-0.05, 0) is 60.1 Å². The Hall–Kier alpha value is -2.46. The van der Waals surface area contributed by atoms with Crippen molar-refractivity contribution >= 4 is 16.6 Å². The Morgan fingerprint density at radius 2 is 2.04 bits per heavy atom. The Bertz CT molecular complexity index is 955. The van der Waals surface area contributed by atoms with Crippen LogP contribution in [0.5, 0.6) is 0 Å². The summed E-state index contributed by atoms with van der Waals surface area (Å²) in [6.07, 6.45) is 8.55. The first-order valence-corrected chi connectivity index (χ1v) is 9.68. The standard InChI is InChI=1S/C23H27N3O/c1-15-19(23(2,3)11-10-22(15)27)9-8-18-13-21(26-25-18)17-12-16-6-4-5-7-20(16)24-14-17/h4-9,12,14,21-22,26-27H,10-11,13H2,1-3H3/b9-8+. The van der Waals surface area contributed by atoms with Crippen LogP contribution in [0.15, 0.2) is 64.9 Å². The van der Waals surface area contributed by atoms with Gasteiger partial charge in [0.1, 0.15) is 0 Å². The Balaban J connectivity index is 1.50. The molecule has 4 nitrogen and oxygen atoms in total. The zero-order chi connectivity index (χ0) is 19.0. The first-order valence-electron chi connectivity index (χ1n) is 9.68. The summed E-state index contributed by atoms with van der Waals surface area (Å²) in [5.41, 5.74) is 8.87. The highest BCUT2D eigenvalue weighted by Gasteiger charge is 2.31. The van der Waals surface area contributed by atoms with Crippen molar-refractivity contribution in [3.05, 3.63) is 65.4 Å². The predicted octanol–water partition coefficient (Wildman–Crippen LogP) is 4.68. The number of allylic oxidation sites excluding steroid dienone is 3. The topological polar surface area (TPSA) is 57.5 Å². The van der Waals surface area contributed by atoms with Crippen LogP contribution in [0.25, 0.3) is 10.9 Å². The molecule has 2 heterocycles. The van der Waals surface area contributed by atoms with Crippen LogP contribution in [0.1, 0.15) is 51.6 Å². The van der Waals surface area contributed by atoms with Crippen molar-refractivity contribution in [2.45, 2.75) is 52.2 Å². The summed E-state index contributed by atoms with van der Waals surface area (Å²) in [7, 11) is 0. The van der Waals surface area contributed by atoms with E-state index in [0.29, 0.717) is 0 Å². The highest BCUT2D eigenvalue weighted by Crippen LogP contribution is 2.41. The van der Waals surface area contributed by atoms with E-state index < -0.39 is 0 Å². The van der Waals surface area contributed by atoms with E-state index in [0.717, 1.165) is 47.0 Å². The minimum absolute atomic E-state index is 0.0913. The first-order chi connectivity index (χ1) is 12.9. The molecule has 140 valence electrons. The highest BCUT2D eigenvalue weighted by molar-refractivity contribution is 5.96. The minimum atomic E-state index is -0.322. The lowest BCUT2D eigenvalue weighted by atomic mass is 9.71. The molecule has 1 aliphatic heterocycles. The second-order valence-corrected chi connectivity index (χ2v) is 8.32. The second-order valence-electron chi connectivity index (χ2n) is 8.32. The van der Waals surface area contributed by atoms with Gasteiger partial charge in [0, 0.05) is 18.0 Å². The van der Waals surface area contributed by atoms with E-state index >= 15 is 0 Å². The number of benzene rings is 1. The number of nitrogens with one attached hydrogen (secondary N) is 1. The van der Waals surface area contributed by atoms with Crippen molar-refractivity contribution in [2.24, 2.45) is 10.5 Å². The fraction of sp³-hybridized carbons (Fsp3) is 0.391. The lowest BCUT2D eigenvalue weighted by Crippen LogP contribution is -2.27. The molecule has 0 fully saturated rings. The number of para-hydroxylation sites is 1. The van der Waals surface area contributed by atoms with Crippen molar-refractivity contribution in [3.8, 4) is 0 Å². The van der Waals surface area contributed by atoms with Gasteiger partial charge in [0.05, 0.1) is 23.4 Å². The number of nitrogens with zero attached hydrogens (tertiary/aromatic N) is 2. The van der Waals surface area contributed by atoms with Gasteiger partial charge in [-0.3, -0.25) is 4.98 Å². The van der Waals surface area contributed by atoms with Crippen LogP contribution in [0.4, 0.5) is 0 Å². The summed E-state index contributed by atoms with van der Waals surface area (Å²) in [5, 5.41) is 15.9. The van der Waals surface area contributed by atoms with Gasteiger partial charge in [-0.15, -0.1) is 0 Å². The molecular weight excluding hydrogens is 334 g/mol. The van der Waals surface area contributed by atoms with Crippen LogP contribution in [-0.2, 0) is 0 Å². The average Bonchev–Trinajstić information content (AvgIpc) is 3.13. The zero-order valence-corrected chi connectivity index (χ0v) is 16.2. The normalized spacial score (nSPS) is 25.1. The molecular formula is C23H27N3O. The fourth-order valence-corrected chi connectivity index (χ4v) is 4.14. The van der Waals surface area contributed by atoms with Crippen molar-refractivity contribution < 1.29 is 5.11 Å². The molecule has 4 heteroatoms. The summed E-state index contributed by atoms with van der Waals surface area (Å²) >= 11 is 0. The summed E-state index contributed by atoms with van der Waals surface area (Å²) in [4.78, 5) is 4.56. The van der Waals surface area contributed by atoms with Gasteiger partial charge in [0.15, 0.2) is 0 Å². The van der Waals surface area contributed by atoms with Gasteiger partial charge in [-0.25, -0.2) is 0 Å². The zero-order valence-electron chi connectivity index (χ0n) is 16.2. The van der Waals surface area contributed by atoms with Gasteiger partial charge < -0.3 is 10.5 Å². The lowest BCUT2D eigenvalue weighted by Gasteiger charge is -2.35. The van der Waals surface area contributed by atoms with Crippen LogP contribution in [0.3, 0.4) is 0 Å². The molecule has 2 aromatic rings. The summed E-state index contributed by atoms with van der Waals surface area (Å²) in [5.74, 6) is 0. The third-order valence-corrected chi connectivity index (χ3v) is 5.93. The number of aliphatic hydroxyl groups is 1. The third-order valence-electron chi connectivity index (χ3n) is 5.93. The van der Waals surface area contributed by atoms with Crippen LogP contribution in [0, 0.1) is 5.41 Å². The minimum Gasteiger partial charge on any atom is -0.389 e. The maximum Gasteiger partial charge on any atom is 0.0760 e. The van der Waals surface area contributed by atoms with Gasteiger partial charge in [-0.2, -0.15) is 5.10 Å². The van der Waals surface area contributed by atoms with E-state index in [-0.39, 0.29) is 17.6 Å². The molecule has 0 saturated heterocycles. The summed E-state index contributed by atoms with van der Waals surface area (Å²) < 4.78 is 0. The molecule has 2 unspecified atom stereocenters. The molecule has 4 rings (SSSR count). The smallest absolute Gasteiger partial charge is 0.0760 e. The molecule has 27 heavy (non-hydrogen) atoms. The number of hydrogen-bond donors (Lipinski definition) is 2. The van der Waals surface area contributed by atoms with E-state index in [4.69, 9.17) is 0 Å². The van der Waals surface area contributed by atoms with Crippen LogP contribution >= 0.6 is 0 Å². The Morgan fingerprint density at radius 1 is 1.22 bits per heavy atom. The number of aromatic nitrogens is 1. The quantitative estimate of drug-likeness (QED) is 0.834. The second kappa shape index (κ2) is 6.93. The van der Waals surface area contributed by atoms with E-state index in [1.165, 1.54) is 5.57 Å². The number of hydrogen-bond acceptors (Lipinski definition) is 4. The van der Waals surface area contributed by atoms with Crippen molar-refractivity contribution in [3.63, 3.8) is 0 Å². The van der Waals surface area contributed by atoms with Crippen LogP contribution in [0.2, 0.25) is 0 Å². The van der Waals surface area contributed by atoms with E-state index in [2.05, 4.69) is 53.6 Å². The Morgan fingerprint density at radius 3 is 2.89 bits per heavy atom. The third kappa shape index (κ3) is 3.54. The summed E-state index contributed by atoms with van der Waals surface area (Å²) in [6, 6.07) is 10.5. The van der Waals surface area contributed by atoms with Crippen molar-refractivity contribution in [1.82, 2.24) is 10.4 Å². The lowest BCUT2D eigenvalue weighted by molar-refractivity contribution is 0.163. The molecule has 1 aromatic carbocycles. The molecule has 1 aromatic heterocycles. The molecule has 2 aliphatic rings. The molecule has 0 amide bonds. The number of rotatable bonds is 3. The van der Waals surface area contributed by atoms with Crippen molar-refractivity contribution in [2.75, 3.05) is 0 Å². The van der Waals surface area contributed by atoms with Crippen LogP contribution in [-0.4, -0.2) is 21.9 Å². The molecule has 0 bridgehead atoms. The first kappa shape index (κ1) is 17.9. The molecule has 1 aliphatic carbocycles. The largest absolute Gasteiger partial charge is 0.389 e. The molecule has 0 saturated carbocycles. The number of pyridine rings is 1. The Kier molecular flexibility index (Phi) is 4.60. The monoisotopic (exact) mass is 361 g/mol. The average molecular weight is 361 g/mol. The van der Waals surface area contributed by atoms with Gasteiger partial charge in [0.2, 0.25) is 0 Å². The number of aliphatic hydroxyl groups excluding tert-OH is 1. The number of hydrazone groups is 1. The van der Waals surface area contributed by atoms with Gasteiger partial charge in [0.25, 0.3) is 0 Å². The van der Waals surface area contributed by atoms with Gasteiger partial charge >= 0.3 is 0 Å². The predicted molar refractivity (Wildman–Crippen MR) is 111 cm³/mol. The maximum atomic E-state index is 10.2. The Labute approximate surface area is 160 Å². The maximum absolute atomic E-state index is 10.2. The molecule has 2 N–H and O–H groups in total.